The lowest BCUT2D eigenvalue weighted by atomic mass is 10.0. The number of carbonyl (C=O) groups is 4. The van der Waals surface area contributed by atoms with Crippen LogP contribution >= 0.6 is 0 Å². The number of benzene rings is 1. The van der Waals surface area contributed by atoms with E-state index in [-0.39, 0.29) is 24.0 Å². The molecule has 1 saturated heterocycles. The van der Waals surface area contributed by atoms with Crippen LogP contribution in [-0.2, 0) is 66.4 Å². The second-order valence-corrected chi connectivity index (χ2v) is 14.0. The molecular weight excluding hydrogens is 814 g/mol. The first kappa shape index (κ1) is 53.2. The summed E-state index contributed by atoms with van der Waals surface area (Å²) in [5, 5.41) is 5.34. The fourth-order valence-corrected chi connectivity index (χ4v) is 6.07. The third-order valence-corrected chi connectivity index (χ3v) is 9.26. The first-order chi connectivity index (χ1) is 30.5. The fourth-order valence-electron chi connectivity index (χ4n) is 6.07. The minimum Gasteiger partial charge on any atom is -0.382 e. The number of anilines is 1. The lowest BCUT2D eigenvalue weighted by molar-refractivity contribution is -0.136. The maximum Gasteiger partial charge on any atom is 0.264 e. The van der Waals surface area contributed by atoms with Gasteiger partial charge in [0.15, 0.2) is 0 Å². The molecular formula is C43H71N3O16. The standard InChI is InChI=1S/C43H71N3O16/c1-2-3-4-5-12-51-14-16-53-18-20-55-22-24-57-26-28-59-30-32-61-34-35-62-33-31-60-29-27-58-25-23-56-21-19-54-17-15-52-13-11-44-37-8-6-7-36-40(37)43(50)46(42(36)49)38-9-10-39(47)45-41(38)48/h6-8,38,44H,2-5,9-35H2,1H3,(H,45,47,48). The molecule has 0 bridgehead atoms. The van der Waals surface area contributed by atoms with Gasteiger partial charge in [0.1, 0.15) is 6.04 Å². The number of nitrogens with one attached hydrogen (secondary N) is 2. The Bertz CT molecular complexity index is 1360. The maximum absolute atomic E-state index is 13.2. The predicted molar refractivity (Wildman–Crippen MR) is 226 cm³/mol. The van der Waals surface area contributed by atoms with Crippen molar-refractivity contribution < 1.29 is 76.0 Å². The number of amides is 4. The first-order valence-corrected chi connectivity index (χ1v) is 22.1. The summed E-state index contributed by atoms with van der Waals surface area (Å²) in [4.78, 5) is 50.9. The minimum absolute atomic E-state index is 0.0648. The van der Waals surface area contributed by atoms with E-state index in [0.717, 1.165) is 17.9 Å². The molecule has 2 aliphatic rings. The Kier molecular flexibility index (Phi) is 31.0. The van der Waals surface area contributed by atoms with E-state index in [0.29, 0.717) is 164 Å². The summed E-state index contributed by atoms with van der Waals surface area (Å²) in [6.45, 7) is 14.4. The largest absolute Gasteiger partial charge is 0.382 e. The van der Waals surface area contributed by atoms with E-state index in [9.17, 15) is 19.2 Å². The number of hydrogen-bond acceptors (Lipinski definition) is 17. The number of imide groups is 2. The third-order valence-electron chi connectivity index (χ3n) is 9.26. The molecule has 62 heavy (non-hydrogen) atoms. The van der Waals surface area contributed by atoms with Gasteiger partial charge in [0.25, 0.3) is 11.8 Å². The van der Waals surface area contributed by atoms with Crippen LogP contribution in [0.2, 0.25) is 0 Å². The molecule has 19 nitrogen and oxygen atoms in total. The summed E-state index contributed by atoms with van der Waals surface area (Å²) in [5.74, 6) is -2.17. The van der Waals surface area contributed by atoms with Gasteiger partial charge in [-0.05, 0) is 25.0 Å². The molecule has 3 rings (SSSR count). The molecule has 2 aliphatic heterocycles. The van der Waals surface area contributed by atoms with E-state index in [1.54, 1.807) is 18.2 Å². The van der Waals surface area contributed by atoms with Crippen LogP contribution in [-0.4, -0.2) is 200 Å². The summed E-state index contributed by atoms with van der Waals surface area (Å²) in [6.07, 6.45) is 5.02. The summed E-state index contributed by atoms with van der Waals surface area (Å²) in [5.41, 5.74) is 0.906. The van der Waals surface area contributed by atoms with Crippen molar-refractivity contribution in [3.8, 4) is 0 Å². The van der Waals surface area contributed by atoms with Crippen molar-refractivity contribution in [2.45, 2.75) is 51.5 Å². The molecule has 0 aromatic heterocycles. The smallest absolute Gasteiger partial charge is 0.264 e. The molecule has 19 heteroatoms. The van der Waals surface area contributed by atoms with Gasteiger partial charge >= 0.3 is 0 Å². The Morgan fingerprint density at radius 3 is 1.32 bits per heavy atom. The molecule has 4 amide bonds. The summed E-state index contributed by atoms with van der Waals surface area (Å²) < 4.78 is 66.2. The second-order valence-electron chi connectivity index (χ2n) is 14.0. The van der Waals surface area contributed by atoms with Gasteiger partial charge in [0, 0.05) is 25.3 Å². The van der Waals surface area contributed by atoms with Crippen molar-refractivity contribution in [2.24, 2.45) is 0 Å². The average Bonchev–Trinajstić information content (AvgIpc) is 3.52. The zero-order valence-corrected chi connectivity index (χ0v) is 36.7. The van der Waals surface area contributed by atoms with E-state index in [2.05, 4.69) is 17.6 Å². The number of hydrogen-bond donors (Lipinski definition) is 2. The summed E-state index contributed by atoms with van der Waals surface area (Å²) >= 11 is 0. The Morgan fingerprint density at radius 2 is 0.919 bits per heavy atom. The van der Waals surface area contributed by atoms with Crippen molar-refractivity contribution in [1.29, 1.82) is 0 Å². The van der Waals surface area contributed by atoms with E-state index in [4.69, 9.17) is 56.8 Å². The topological polar surface area (TPSA) is 206 Å². The highest BCUT2D eigenvalue weighted by Crippen LogP contribution is 2.32. The van der Waals surface area contributed by atoms with Gasteiger partial charge in [0.05, 0.1) is 163 Å². The van der Waals surface area contributed by atoms with Crippen LogP contribution in [0.3, 0.4) is 0 Å². The quantitative estimate of drug-likeness (QED) is 0.0713. The second kappa shape index (κ2) is 36.2. The van der Waals surface area contributed by atoms with E-state index in [1.807, 2.05) is 0 Å². The highest BCUT2D eigenvalue weighted by Gasteiger charge is 2.45. The average molecular weight is 886 g/mol. The van der Waals surface area contributed by atoms with Crippen molar-refractivity contribution in [3.63, 3.8) is 0 Å². The summed E-state index contributed by atoms with van der Waals surface area (Å²) in [6, 6.07) is 3.90. The normalized spacial score (nSPS) is 15.2. The molecule has 0 spiro atoms. The van der Waals surface area contributed by atoms with Gasteiger partial charge in [-0.2, -0.15) is 0 Å². The van der Waals surface area contributed by atoms with Gasteiger partial charge in [-0.1, -0.05) is 32.3 Å². The van der Waals surface area contributed by atoms with Crippen LogP contribution in [0.1, 0.15) is 66.2 Å². The van der Waals surface area contributed by atoms with Gasteiger partial charge in [-0.3, -0.25) is 29.4 Å². The zero-order chi connectivity index (χ0) is 44.1. The summed E-state index contributed by atoms with van der Waals surface area (Å²) in [7, 11) is 0. The van der Waals surface area contributed by atoms with Crippen LogP contribution in [0.15, 0.2) is 18.2 Å². The van der Waals surface area contributed by atoms with E-state index < -0.39 is 29.7 Å². The van der Waals surface area contributed by atoms with Crippen LogP contribution in [0.4, 0.5) is 5.69 Å². The molecule has 0 aliphatic carbocycles. The Hall–Kier alpha value is -3.18. The molecule has 1 fully saturated rings. The van der Waals surface area contributed by atoms with Crippen molar-refractivity contribution in [3.05, 3.63) is 29.3 Å². The number of fused-ring (bicyclic) bond motifs is 1. The molecule has 354 valence electrons. The van der Waals surface area contributed by atoms with Crippen LogP contribution in [0.5, 0.6) is 0 Å². The van der Waals surface area contributed by atoms with Gasteiger partial charge in [0.2, 0.25) is 11.8 Å². The molecule has 0 radical (unpaired) electrons. The highest BCUT2D eigenvalue weighted by molar-refractivity contribution is 6.25. The fraction of sp³-hybridized carbons (Fsp3) is 0.767. The monoisotopic (exact) mass is 885 g/mol. The highest BCUT2D eigenvalue weighted by atomic mass is 16.6. The van der Waals surface area contributed by atoms with Crippen LogP contribution in [0, 0.1) is 0 Å². The Balaban J connectivity index is 0.963. The molecule has 1 aromatic carbocycles. The number of ether oxygens (including phenoxy) is 12. The SMILES string of the molecule is CCCCCCOCCOCCOCCOCCOCCOCCOCCOCCOCCOCCOCCOCCNc1cccc2c1C(=O)N(C1CCC(=O)NC1=O)C2=O. The third kappa shape index (κ3) is 23.5. The molecule has 0 saturated carbocycles. The Labute approximate surface area is 366 Å². The molecule has 1 unspecified atom stereocenters. The van der Waals surface area contributed by atoms with Crippen molar-refractivity contribution in [2.75, 3.05) is 170 Å². The van der Waals surface area contributed by atoms with Crippen LogP contribution < -0.4 is 10.6 Å². The van der Waals surface area contributed by atoms with Crippen molar-refractivity contribution in [1.82, 2.24) is 10.2 Å². The number of unbranched alkanes of at least 4 members (excludes halogenated alkanes) is 3. The van der Waals surface area contributed by atoms with Crippen LogP contribution in [0.25, 0.3) is 0 Å². The number of rotatable bonds is 43. The number of nitrogens with zero attached hydrogens (tertiary/aromatic N) is 1. The van der Waals surface area contributed by atoms with Crippen molar-refractivity contribution >= 4 is 29.3 Å². The van der Waals surface area contributed by atoms with Gasteiger partial charge in [-0.15, -0.1) is 0 Å². The predicted octanol–water partition coefficient (Wildman–Crippen LogP) is 2.28. The number of carbonyl (C=O) groups excluding carboxylic acids is 4. The zero-order valence-electron chi connectivity index (χ0n) is 36.7. The lowest BCUT2D eigenvalue weighted by Gasteiger charge is -2.27. The van der Waals surface area contributed by atoms with E-state index in [1.165, 1.54) is 19.3 Å². The van der Waals surface area contributed by atoms with E-state index >= 15 is 0 Å². The molecule has 1 aromatic rings. The number of piperidine rings is 1. The molecule has 2 heterocycles. The lowest BCUT2D eigenvalue weighted by Crippen LogP contribution is -2.54. The molecule has 1 atom stereocenters. The Morgan fingerprint density at radius 1 is 0.516 bits per heavy atom. The van der Waals surface area contributed by atoms with Gasteiger partial charge in [-0.25, -0.2) is 0 Å². The maximum atomic E-state index is 13.2. The first-order valence-electron chi connectivity index (χ1n) is 22.1. The van der Waals surface area contributed by atoms with Gasteiger partial charge < -0.3 is 62.2 Å². The molecule has 2 N–H and O–H groups in total. The minimum atomic E-state index is -1.01.